The molecule has 5 heteroatoms. The van der Waals surface area contributed by atoms with Gasteiger partial charge in [0, 0.05) is 37.5 Å². The topological polar surface area (TPSA) is 56.1 Å². The summed E-state index contributed by atoms with van der Waals surface area (Å²) in [4.78, 5) is 16.2. The van der Waals surface area contributed by atoms with Crippen molar-refractivity contribution in [2.75, 3.05) is 25.1 Å². The summed E-state index contributed by atoms with van der Waals surface area (Å²) in [6.07, 6.45) is 6.77. The molecule has 0 aromatic carbocycles. The molecule has 1 N–H and O–H groups in total. The average molecular weight is 235 g/mol. The van der Waals surface area contributed by atoms with Crippen molar-refractivity contribution in [2.45, 2.75) is 25.3 Å². The molecule has 1 saturated carbocycles. The molecule has 1 aliphatic heterocycles. The Kier molecular flexibility index (Phi) is 2.84. The van der Waals surface area contributed by atoms with E-state index in [-0.39, 0.29) is 5.56 Å². The lowest BCUT2D eigenvalue weighted by molar-refractivity contribution is 0.187. The summed E-state index contributed by atoms with van der Waals surface area (Å²) in [6, 6.07) is 0.404. The highest BCUT2D eigenvalue weighted by atomic mass is 16.5. The van der Waals surface area contributed by atoms with Crippen LogP contribution in [0.5, 0.6) is 0 Å². The van der Waals surface area contributed by atoms with E-state index in [0.717, 1.165) is 39.0 Å². The predicted molar refractivity (Wildman–Crippen MR) is 64.2 cm³/mol. The van der Waals surface area contributed by atoms with Crippen molar-refractivity contribution >= 4 is 5.82 Å². The van der Waals surface area contributed by atoms with E-state index < -0.39 is 0 Å². The Bertz CT molecular complexity index is 447. The first-order chi connectivity index (χ1) is 8.34. The number of hydrogen-bond acceptors (Lipinski definition) is 4. The Morgan fingerprint density at radius 2 is 2.35 bits per heavy atom. The van der Waals surface area contributed by atoms with Crippen LogP contribution in [0.1, 0.15) is 25.3 Å². The summed E-state index contributed by atoms with van der Waals surface area (Å²) in [7, 11) is 0. The molecule has 17 heavy (non-hydrogen) atoms. The molecule has 5 nitrogen and oxygen atoms in total. The van der Waals surface area contributed by atoms with Crippen LogP contribution in [-0.2, 0) is 4.74 Å². The zero-order valence-electron chi connectivity index (χ0n) is 9.76. The van der Waals surface area contributed by atoms with Crippen LogP contribution in [0.25, 0.3) is 0 Å². The monoisotopic (exact) mass is 235 g/mol. The van der Waals surface area contributed by atoms with Crippen molar-refractivity contribution in [1.29, 1.82) is 0 Å². The zero-order valence-corrected chi connectivity index (χ0v) is 9.76. The van der Waals surface area contributed by atoms with Crippen LogP contribution in [0.3, 0.4) is 0 Å². The van der Waals surface area contributed by atoms with Crippen LogP contribution >= 0.6 is 0 Å². The molecule has 2 heterocycles. The minimum atomic E-state index is 0.00825. The Morgan fingerprint density at radius 1 is 1.47 bits per heavy atom. The third-order valence-electron chi connectivity index (χ3n) is 3.39. The zero-order chi connectivity index (χ0) is 11.7. The van der Waals surface area contributed by atoms with Gasteiger partial charge in [-0.15, -0.1) is 0 Å². The van der Waals surface area contributed by atoms with Gasteiger partial charge >= 0.3 is 0 Å². The summed E-state index contributed by atoms with van der Waals surface area (Å²) in [5.74, 6) is 0.983. The smallest absolute Gasteiger partial charge is 0.293 e. The molecule has 1 atom stereocenters. The summed E-state index contributed by atoms with van der Waals surface area (Å²) < 4.78 is 7.10. The molecule has 1 unspecified atom stereocenters. The van der Waals surface area contributed by atoms with Crippen molar-refractivity contribution in [2.24, 2.45) is 5.92 Å². The number of rotatable bonds is 4. The maximum atomic E-state index is 12.1. The molecule has 1 aromatic heterocycles. The van der Waals surface area contributed by atoms with Crippen LogP contribution in [-0.4, -0.2) is 29.3 Å². The van der Waals surface area contributed by atoms with E-state index in [1.165, 1.54) is 0 Å². The number of aromatic nitrogens is 2. The number of hydrogen-bond donors (Lipinski definition) is 1. The first-order valence-corrected chi connectivity index (χ1v) is 6.23. The Balaban J connectivity index is 1.69. The van der Waals surface area contributed by atoms with Gasteiger partial charge in [0.25, 0.3) is 5.56 Å². The van der Waals surface area contributed by atoms with Crippen LogP contribution < -0.4 is 10.9 Å². The van der Waals surface area contributed by atoms with Crippen molar-refractivity contribution < 1.29 is 4.74 Å². The standard InChI is InChI=1S/C12H17N3O2/c16-12-11(14-7-9-3-6-17-8-9)13-4-5-15(12)10-1-2-10/h4-5,9-10H,1-3,6-8H2,(H,13,14). The number of anilines is 1. The first-order valence-electron chi connectivity index (χ1n) is 6.23. The van der Waals surface area contributed by atoms with Crippen LogP contribution in [0.15, 0.2) is 17.2 Å². The van der Waals surface area contributed by atoms with E-state index in [1.807, 2.05) is 0 Å². The maximum Gasteiger partial charge on any atom is 0.293 e. The summed E-state index contributed by atoms with van der Waals surface area (Å²) in [5.41, 5.74) is 0.00825. The number of nitrogens with zero attached hydrogens (tertiary/aromatic N) is 2. The fourth-order valence-electron chi connectivity index (χ4n) is 2.17. The van der Waals surface area contributed by atoms with Gasteiger partial charge in [-0.1, -0.05) is 0 Å². The Morgan fingerprint density at radius 3 is 3.06 bits per heavy atom. The van der Waals surface area contributed by atoms with Crippen LogP contribution in [0.2, 0.25) is 0 Å². The second-order valence-electron chi connectivity index (χ2n) is 4.83. The lowest BCUT2D eigenvalue weighted by Gasteiger charge is -2.10. The summed E-state index contributed by atoms with van der Waals surface area (Å²) in [5, 5.41) is 3.15. The molecule has 92 valence electrons. The van der Waals surface area contributed by atoms with Crippen molar-refractivity contribution in [1.82, 2.24) is 9.55 Å². The molecule has 1 saturated heterocycles. The van der Waals surface area contributed by atoms with Crippen molar-refractivity contribution in [3.8, 4) is 0 Å². The molecule has 2 aliphatic rings. The lowest BCUT2D eigenvalue weighted by Crippen LogP contribution is -2.26. The Hall–Kier alpha value is -1.36. The van der Waals surface area contributed by atoms with E-state index in [0.29, 0.717) is 17.8 Å². The molecular weight excluding hydrogens is 218 g/mol. The average Bonchev–Trinajstić information content (AvgIpc) is 3.04. The molecule has 0 amide bonds. The van der Waals surface area contributed by atoms with Gasteiger partial charge in [0.15, 0.2) is 5.82 Å². The van der Waals surface area contributed by atoms with Crippen molar-refractivity contribution in [3.05, 3.63) is 22.7 Å². The third kappa shape index (κ3) is 2.34. The third-order valence-corrected chi connectivity index (χ3v) is 3.39. The minimum absolute atomic E-state index is 0.00825. The predicted octanol–water partition coefficient (Wildman–Crippen LogP) is 1.03. The fraction of sp³-hybridized carbons (Fsp3) is 0.667. The van der Waals surface area contributed by atoms with Crippen molar-refractivity contribution in [3.63, 3.8) is 0 Å². The van der Waals surface area contributed by atoms with E-state index in [9.17, 15) is 4.79 Å². The molecular formula is C12H17N3O2. The second-order valence-corrected chi connectivity index (χ2v) is 4.83. The molecule has 2 fully saturated rings. The van der Waals surface area contributed by atoms with Gasteiger partial charge in [0.05, 0.1) is 6.61 Å². The Labute approximate surface area is 99.8 Å². The van der Waals surface area contributed by atoms with Gasteiger partial charge < -0.3 is 14.6 Å². The normalized spacial score (nSPS) is 23.9. The highest BCUT2D eigenvalue weighted by molar-refractivity contribution is 5.31. The SMILES string of the molecule is O=c1c(NCC2CCOC2)nccn1C1CC1. The molecule has 1 aliphatic carbocycles. The van der Waals surface area contributed by atoms with Gasteiger partial charge in [-0.25, -0.2) is 4.98 Å². The highest BCUT2D eigenvalue weighted by Gasteiger charge is 2.25. The van der Waals surface area contributed by atoms with Gasteiger partial charge in [0.2, 0.25) is 0 Å². The van der Waals surface area contributed by atoms with E-state index in [4.69, 9.17) is 4.74 Å². The molecule has 1 aromatic rings. The molecule has 0 spiro atoms. The lowest BCUT2D eigenvalue weighted by atomic mass is 10.1. The summed E-state index contributed by atoms with van der Waals surface area (Å²) in [6.45, 7) is 2.40. The van der Waals surface area contributed by atoms with Crippen LogP contribution in [0.4, 0.5) is 5.82 Å². The van der Waals surface area contributed by atoms with E-state index >= 15 is 0 Å². The van der Waals surface area contributed by atoms with Crippen LogP contribution in [0, 0.1) is 5.92 Å². The fourth-order valence-corrected chi connectivity index (χ4v) is 2.17. The molecule has 0 radical (unpaired) electrons. The van der Waals surface area contributed by atoms with Gasteiger partial charge in [-0.2, -0.15) is 0 Å². The van der Waals surface area contributed by atoms with Gasteiger partial charge in [-0.05, 0) is 19.3 Å². The maximum absolute atomic E-state index is 12.1. The van der Waals surface area contributed by atoms with Gasteiger partial charge in [0.1, 0.15) is 0 Å². The molecule has 3 rings (SSSR count). The highest BCUT2D eigenvalue weighted by Crippen LogP contribution is 2.33. The van der Waals surface area contributed by atoms with E-state index in [1.54, 1.807) is 17.0 Å². The van der Waals surface area contributed by atoms with Gasteiger partial charge in [-0.3, -0.25) is 4.79 Å². The molecule has 0 bridgehead atoms. The van der Waals surface area contributed by atoms with E-state index in [2.05, 4.69) is 10.3 Å². The number of nitrogens with one attached hydrogen (secondary N) is 1. The summed E-state index contributed by atoms with van der Waals surface area (Å²) >= 11 is 0. The minimum Gasteiger partial charge on any atom is -0.381 e. The first kappa shape index (κ1) is 10.8. The second kappa shape index (κ2) is 4.49. The quantitative estimate of drug-likeness (QED) is 0.846. The largest absolute Gasteiger partial charge is 0.381 e. The number of ether oxygens (including phenoxy) is 1.